The van der Waals surface area contributed by atoms with Gasteiger partial charge in [-0.1, -0.05) is 13.8 Å². The Labute approximate surface area is 97.2 Å². The lowest BCUT2D eigenvalue weighted by Crippen LogP contribution is -2.11. The second-order valence-electron chi connectivity index (χ2n) is 3.90. The zero-order valence-corrected chi connectivity index (χ0v) is 10.2. The third-order valence-electron chi connectivity index (χ3n) is 2.41. The Kier molecular flexibility index (Phi) is 6.11. The van der Waals surface area contributed by atoms with Crippen LogP contribution < -0.4 is 0 Å². The van der Waals surface area contributed by atoms with Crippen molar-refractivity contribution < 1.29 is 9.84 Å². The summed E-state index contributed by atoms with van der Waals surface area (Å²) in [5, 5.41) is 14.2. The molecule has 0 spiro atoms. The number of ether oxygens (including phenoxy) is 1. The lowest BCUT2D eigenvalue weighted by molar-refractivity contribution is 0.0781. The van der Waals surface area contributed by atoms with E-state index < -0.39 is 6.10 Å². The first kappa shape index (κ1) is 13.2. The van der Waals surface area contributed by atoms with Crippen molar-refractivity contribution >= 4 is 0 Å². The minimum absolute atomic E-state index is 0.467. The number of hydrogen-bond acceptors (Lipinski definition) is 3. The molecule has 92 valence electrons. The number of nitrogens with zero attached hydrogens (tertiary/aromatic N) is 2. The molecule has 1 N–H and O–H groups in total. The molecule has 4 heteroatoms. The Morgan fingerprint density at radius 2 is 2.19 bits per heavy atom. The SMILES string of the molecule is CCCOCCC(O)c1ccnn1CCC. The van der Waals surface area contributed by atoms with Gasteiger partial charge in [0.25, 0.3) is 0 Å². The first-order valence-corrected chi connectivity index (χ1v) is 6.07. The van der Waals surface area contributed by atoms with Crippen molar-refractivity contribution in [3.05, 3.63) is 18.0 Å². The molecule has 0 saturated heterocycles. The van der Waals surface area contributed by atoms with Gasteiger partial charge in [0.05, 0.1) is 11.8 Å². The molecule has 0 bridgehead atoms. The minimum Gasteiger partial charge on any atom is -0.387 e. The second-order valence-corrected chi connectivity index (χ2v) is 3.90. The predicted octanol–water partition coefficient (Wildman–Crippen LogP) is 2.14. The van der Waals surface area contributed by atoms with Crippen molar-refractivity contribution in [2.45, 2.75) is 45.8 Å². The third kappa shape index (κ3) is 3.94. The maximum atomic E-state index is 9.98. The monoisotopic (exact) mass is 226 g/mol. The highest BCUT2D eigenvalue weighted by Crippen LogP contribution is 2.16. The zero-order chi connectivity index (χ0) is 11.8. The van der Waals surface area contributed by atoms with Crippen LogP contribution >= 0.6 is 0 Å². The molecular formula is C12H22N2O2. The molecule has 0 aliphatic heterocycles. The molecule has 0 radical (unpaired) electrons. The molecule has 1 aromatic rings. The van der Waals surface area contributed by atoms with E-state index in [2.05, 4.69) is 18.9 Å². The molecule has 1 heterocycles. The molecule has 0 saturated carbocycles. The van der Waals surface area contributed by atoms with Crippen LogP contribution in [0.4, 0.5) is 0 Å². The number of aliphatic hydroxyl groups is 1. The average Bonchev–Trinajstić information content (AvgIpc) is 2.73. The molecule has 1 unspecified atom stereocenters. The lowest BCUT2D eigenvalue weighted by Gasteiger charge is -2.12. The number of aromatic nitrogens is 2. The standard InChI is InChI=1S/C12H22N2O2/c1-3-8-14-11(5-7-13-14)12(15)6-10-16-9-4-2/h5,7,12,15H,3-4,6,8-10H2,1-2H3. The highest BCUT2D eigenvalue weighted by atomic mass is 16.5. The molecule has 4 nitrogen and oxygen atoms in total. The Hall–Kier alpha value is -0.870. The summed E-state index contributed by atoms with van der Waals surface area (Å²) in [4.78, 5) is 0. The van der Waals surface area contributed by atoms with Gasteiger partial charge in [-0.25, -0.2) is 0 Å². The van der Waals surface area contributed by atoms with Crippen LogP contribution in [0.1, 0.15) is 44.9 Å². The highest BCUT2D eigenvalue weighted by molar-refractivity contribution is 5.04. The summed E-state index contributed by atoms with van der Waals surface area (Å²) in [6.07, 6.45) is 3.94. The van der Waals surface area contributed by atoms with Gasteiger partial charge < -0.3 is 9.84 Å². The first-order chi connectivity index (χ1) is 7.79. The van der Waals surface area contributed by atoms with Crippen LogP contribution in [0.25, 0.3) is 0 Å². The molecule has 0 aliphatic carbocycles. The maximum Gasteiger partial charge on any atom is 0.0978 e. The Bertz CT molecular complexity index is 286. The van der Waals surface area contributed by atoms with E-state index in [9.17, 15) is 5.11 Å². The topological polar surface area (TPSA) is 47.3 Å². The minimum atomic E-state index is -0.467. The van der Waals surface area contributed by atoms with E-state index in [-0.39, 0.29) is 0 Å². The van der Waals surface area contributed by atoms with Gasteiger partial charge in [-0.15, -0.1) is 0 Å². The van der Waals surface area contributed by atoms with Crippen LogP contribution in [-0.4, -0.2) is 28.1 Å². The van der Waals surface area contributed by atoms with Crippen molar-refractivity contribution in [1.29, 1.82) is 0 Å². The highest BCUT2D eigenvalue weighted by Gasteiger charge is 2.12. The lowest BCUT2D eigenvalue weighted by atomic mass is 10.2. The first-order valence-electron chi connectivity index (χ1n) is 6.07. The van der Waals surface area contributed by atoms with E-state index >= 15 is 0 Å². The Morgan fingerprint density at radius 1 is 1.38 bits per heavy atom. The van der Waals surface area contributed by atoms with Gasteiger partial charge in [0.2, 0.25) is 0 Å². The van der Waals surface area contributed by atoms with E-state index in [1.807, 2.05) is 10.7 Å². The fourth-order valence-corrected chi connectivity index (χ4v) is 1.61. The van der Waals surface area contributed by atoms with Gasteiger partial charge in [0.1, 0.15) is 0 Å². The van der Waals surface area contributed by atoms with Crippen LogP contribution in [0.5, 0.6) is 0 Å². The van der Waals surface area contributed by atoms with Crippen LogP contribution in [0.15, 0.2) is 12.3 Å². The fraction of sp³-hybridized carbons (Fsp3) is 0.750. The summed E-state index contributed by atoms with van der Waals surface area (Å²) in [5.41, 5.74) is 0.891. The molecule has 0 amide bonds. The number of hydrogen-bond donors (Lipinski definition) is 1. The van der Waals surface area contributed by atoms with E-state index in [4.69, 9.17) is 4.74 Å². The van der Waals surface area contributed by atoms with Crippen LogP contribution in [0.2, 0.25) is 0 Å². The Morgan fingerprint density at radius 3 is 2.88 bits per heavy atom. The molecule has 1 rings (SSSR count). The quantitative estimate of drug-likeness (QED) is 0.691. The molecule has 16 heavy (non-hydrogen) atoms. The third-order valence-corrected chi connectivity index (χ3v) is 2.41. The van der Waals surface area contributed by atoms with Crippen molar-refractivity contribution in [1.82, 2.24) is 9.78 Å². The van der Waals surface area contributed by atoms with Gasteiger partial charge in [-0.3, -0.25) is 4.68 Å². The summed E-state index contributed by atoms with van der Waals surface area (Å²) < 4.78 is 7.23. The summed E-state index contributed by atoms with van der Waals surface area (Å²) in [6.45, 7) is 6.40. The van der Waals surface area contributed by atoms with Gasteiger partial charge in [0, 0.05) is 32.4 Å². The van der Waals surface area contributed by atoms with Gasteiger partial charge >= 0.3 is 0 Å². The average molecular weight is 226 g/mol. The van der Waals surface area contributed by atoms with Crippen LogP contribution in [-0.2, 0) is 11.3 Å². The summed E-state index contributed by atoms with van der Waals surface area (Å²) in [5.74, 6) is 0. The van der Waals surface area contributed by atoms with E-state index in [1.54, 1.807) is 6.20 Å². The second kappa shape index (κ2) is 7.41. The molecule has 1 aromatic heterocycles. The number of rotatable bonds is 8. The normalized spacial score (nSPS) is 12.9. The zero-order valence-electron chi connectivity index (χ0n) is 10.2. The number of aliphatic hydroxyl groups excluding tert-OH is 1. The summed E-state index contributed by atoms with van der Waals surface area (Å²) in [6, 6.07) is 1.88. The van der Waals surface area contributed by atoms with Crippen molar-refractivity contribution in [2.24, 2.45) is 0 Å². The van der Waals surface area contributed by atoms with Crippen molar-refractivity contribution in [3.63, 3.8) is 0 Å². The van der Waals surface area contributed by atoms with Crippen molar-refractivity contribution in [2.75, 3.05) is 13.2 Å². The van der Waals surface area contributed by atoms with Crippen LogP contribution in [0.3, 0.4) is 0 Å². The molecule has 0 aromatic carbocycles. The van der Waals surface area contributed by atoms with E-state index in [0.29, 0.717) is 13.0 Å². The maximum absolute atomic E-state index is 9.98. The smallest absolute Gasteiger partial charge is 0.0978 e. The molecule has 1 atom stereocenters. The van der Waals surface area contributed by atoms with Gasteiger partial charge in [0.15, 0.2) is 0 Å². The molecule has 0 aliphatic rings. The predicted molar refractivity (Wildman–Crippen MR) is 63.2 cm³/mol. The molecule has 0 fully saturated rings. The van der Waals surface area contributed by atoms with E-state index in [1.165, 1.54) is 0 Å². The van der Waals surface area contributed by atoms with Gasteiger partial charge in [-0.2, -0.15) is 5.10 Å². The van der Waals surface area contributed by atoms with Crippen LogP contribution in [0, 0.1) is 0 Å². The summed E-state index contributed by atoms with van der Waals surface area (Å²) in [7, 11) is 0. The van der Waals surface area contributed by atoms with Crippen molar-refractivity contribution in [3.8, 4) is 0 Å². The largest absolute Gasteiger partial charge is 0.387 e. The number of aryl methyl sites for hydroxylation is 1. The van der Waals surface area contributed by atoms with Gasteiger partial charge in [-0.05, 0) is 18.9 Å². The fourth-order valence-electron chi connectivity index (χ4n) is 1.61. The Balaban J connectivity index is 2.39. The van der Waals surface area contributed by atoms with E-state index in [0.717, 1.165) is 31.7 Å². The summed E-state index contributed by atoms with van der Waals surface area (Å²) >= 11 is 0. The molecular weight excluding hydrogens is 204 g/mol.